The minimum Gasteiger partial charge on any atom is -0.380 e. The molecule has 0 spiro atoms. The zero-order chi connectivity index (χ0) is 9.10. The van der Waals surface area contributed by atoms with Crippen LogP contribution in [0.5, 0.6) is 0 Å². The first kappa shape index (κ1) is 8.52. The van der Waals surface area contributed by atoms with Gasteiger partial charge in [0.25, 0.3) is 0 Å². The molecule has 0 saturated carbocycles. The second-order valence-electron chi connectivity index (χ2n) is 3.45. The molecular weight excluding hydrogens is 160 g/mol. The van der Waals surface area contributed by atoms with Crippen molar-refractivity contribution in [1.29, 1.82) is 0 Å². The van der Waals surface area contributed by atoms with Gasteiger partial charge in [-0.1, -0.05) is 36.4 Å². The third kappa shape index (κ3) is 1.65. The predicted molar refractivity (Wildman–Crippen MR) is 53.7 cm³/mol. The van der Waals surface area contributed by atoms with Crippen molar-refractivity contribution in [3.8, 4) is 0 Å². The Morgan fingerprint density at radius 3 is 2.69 bits per heavy atom. The molecule has 1 aliphatic rings. The van der Waals surface area contributed by atoms with Crippen molar-refractivity contribution in [3.63, 3.8) is 0 Å². The summed E-state index contributed by atoms with van der Waals surface area (Å²) in [5.41, 5.74) is 1.37. The van der Waals surface area contributed by atoms with Crippen LogP contribution >= 0.6 is 0 Å². The van der Waals surface area contributed by atoms with Crippen LogP contribution in [-0.4, -0.2) is 13.2 Å². The van der Waals surface area contributed by atoms with Crippen LogP contribution in [0.4, 0.5) is 0 Å². The van der Waals surface area contributed by atoms with Crippen LogP contribution in [0.2, 0.25) is 0 Å². The maximum Gasteiger partial charge on any atom is 0.0541 e. The Hall–Kier alpha value is -1.08. The van der Waals surface area contributed by atoms with E-state index in [4.69, 9.17) is 4.74 Å². The van der Waals surface area contributed by atoms with Crippen molar-refractivity contribution in [2.24, 2.45) is 5.92 Å². The van der Waals surface area contributed by atoms with Gasteiger partial charge in [0.05, 0.1) is 13.2 Å². The van der Waals surface area contributed by atoms with Crippen molar-refractivity contribution in [1.82, 2.24) is 0 Å². The summed E-state index contributed by atoms with van der Waals surface area (Å²) in [6, 6.07) is 10.5. The van der Waals surface area contributed by atoms with E-state index in [0.29, 0.717) is 11.8 Å². The largest absolute Gasteiger partial charge is 0.380 e. The summed E-state index contributed by atoms with van der Waals surface area (Å²) in [5.74, 6) is 1.00. The third-order valence-electron chi connectivity index (χ3n) is 2.66. The molecule has 1 saturated heterocycles. The smallest absolute Gasteiger partial charge is 0.0541 e. The molecule has 2 atom stereocenters. The first-order valence-corrected chi connectivity index (χ1v) is 4.67. The third-order valence-corrected chi connectivity index (χ3v) is 2.66. The summed E-state index contributed by atoms with van der Waals surface area (Å²) < 4.78 is 5.44. The fourth-order valence-electron chi connectivity index (χ4n) is 1.85. The maximum atomic E-state index is 5.44. The number of hydrogen-bond donors (Lipinski definition) is 0. The Kier molecular flexibility index (Phi) is 2.46. The molecule has 0 aromatic heterocycles. The van der Waals surface area contributed by atoms with Gasteiger partial charge in [-0.15, -0.1) is 6.58 Å². The molecule has 1 fully saturated rings. The van der Waals surface area contributed by atoms with Crippen molar-refractivity contribution >= 4 is 0 Å². The van der Waals surface area contributed by atoms with Crippen LogP contribution in [0.25, 0.3) is 0 Å². The molecule has 0 N–H and O–H groups in total. The van der Waals surface area contributed by atoms with Crippen LogP contribution < -0.4 is 0 Å². The molecule has 1 aromatic rings. The fourth-order valence-corrected chi connectivity index (χ4v) is 1.85. The van der Waals surface area contributed by atoms with Gasteiger partial charge >= 0.3 is 0 Å². The molecule has 1 unspecified atom stereocenters. The van der Waals surface area contributed by atoms with E-state index >= 15 is 0 Å². The number of benzene rings is 1. The van der Waals surface area contributed by atoms with Crippen molar-refractivity contribution in [2.75, 3.05) is 13.2 Å². The summed E-state index contributed by atoms with van der Waals surface area (Å²) in [7, 11) is 0. The highest BCUT2D eigenvalue weighted by Crippen LogP contribution is 2.31. The van der Waals surface area contributed by atoms with E-state index in [2.05, 4.69) is 30.8 Å². The Morgan fingerprint density at radius 1 is 1.23 bits per heavy atom. The lowest BCUT2D eigenvalue weighted by atomic mass is 9.89. The Morgan fingerprint density at radius 2 is 2.00 bits per heavy atom. The zero-order valence-electron chi connectivity index (χ0n) is 7.65. The number of rotatable bonds is 2. The van der Waals surface area contributed by atoms with Crippen LogP contribution in [-0.2, 0) is 4.74 Å². The molecule has 13 heavy (non-hydrogen) atoms. The highest BCUT2D eigenvalue weighted by Gasteiger charge is 2.26. The monoisotopic (exact) mass is 174 g/mol. The molecule has 0 radical (unpaired) electrons. The lowest BCUT2D eigenvalue weighted by Gasteiger charge is -2.13. The summed E-state index contributed by atoms with van der Waals surface area (Å²) in [6.07, 6.45) is 2.00. The summed E-state index contributed by atoms with van der Waals surface area (Å²) in [6.45, 7) is 5.49. The first-order chi connectivity index (χ1) is 6.42. The van der Waals surface area contributed by atoms with E-state index in [1.807, 2.05) is 12.1 Å². The standard InChI is InChI=1S/C12H14O/c1-2-10-8-13-9-12(10)11-6-4-3-5-7-11/h2-7,10,12H,1,8-9H2/t10?,12-/m1/s1. The molecule has 1 nitrogen and oxygen atoms in total. The molecular formula is C12H14O. The SMILES string of the molecule is C=CC1COC[C@H]1c1ccccc1. The van der Waals surface area contributed by atoms with Crippen molar-refractivity contribution in [2.45, 2.75) is 5.92 Å². The minimum atomic E-state index is 0.488. The van der Waals surface area contributed by atoms with Gasteiger partial charge in [-0.05, 0) is 5.56 Å². The van der Waals surface area contributed by atoms with Gasteiger partial charge in [-0.25, -0.2) is 0 Å². The fraction of sp³-hybridized carbons (Fsp3) is 0.333. The van der Waals surface area contributed by atoms with E-state index in [-0.39, 0.29) is 0 Å². The van der Waals surface area contributed by atoms with Gasteiger partial charge in [0.15, 0.2) is 0 Å². The maximum absolute atomic E-state index is 5.44. The van der Waals surface area contributed by atoms with E-state index in [1.54, 1.807) is 0 Å². The van der Waals surface area contributed by atoms with Gasteiger partial charge in [0, 0.05) is 11.8 Å². The van der Waals surface area contributed by atoms with E-state index in [0.717, 1.165) is 13.2 Å². The van der Waals surface area contributed by atoms with Gasteiger partial charge in [-0.2, -0.15) is 0 Å². The van der Waals surface area contributed by atoms with Gasteiger partial charge in [-0.3, -0.25) is 0 Å². The molecule has 1 heterocycles. The molecule has 1 heteroatoms. The van der Waals surface area contributed by atoms with E-state index in [9.17, 15) is 0 Å². The molecule has 1 aliphatic heterocycles. The lowest BCUT2D eigenvalue weighted by Crippen LogP contribution is -2.07. The average Bonchev–Trinajstić information content (AvgIpc) is 2.67. The minimum absolute atomic E-state index is 0.488. The number of hydrogen-bond acceptors (Lipinski definition) is 1. The van der Waals surface area contributed by atoms with Crippen LogP contribution in [0, 0.1) is 5.92 Å². The molecule has 68 valence electrons. The summed E-state index contributed by atoms with van der Waals surface area (Å²) >= 11 is 0. The highest BCUT2D eigenvalue weighted by molar-refractivity contribution is 5.22. The van der Waals surface area contributed by atoms with Gasteiger partial charge in [0.1, 0.15) is 0 Å². The molecule has 1 aromatic carbocycles. The van der Waals surface area contributed by atoms with Gasteiger partial charge in [0.2, 0.25) is 0 Å². The average molecular weight is 174 g/mol. The Balaban J connectivity index is 2.21. The quantitative estimate of drug-likeness (QED) is 0.626. The van der Waals surface area contributed by atoms with Crippen molar-refractivity contribution < 1.29 is 4.74 Å². The number of ether oxygens (including phenoxy) is 1. The Labute approximate surface area is 79.0 Å². The highest BCUT2D eigenvalue weighted by atomic mass is 16.5. The molecule has 2 rings (SSSR count). The van der Waals surface area contributed by atoms with E-state index < -0.39 is 0 Å². The van der Waals surface area contributed by atoms with Crippen LogP contribution in [0.3, 0.4) is 0 Å². The molecule has 0 aliphatic carbocycles. The topological polar surface area (TPSA) is 9.23 Å². The van der Waals surface area contributed by atoms with Gasteiger partial charge < -0.3 is 4.74 Å². The second-order valence-corrected chi connectivity index (χ2v) is 3.45. The van der Waals surface area contributed by atoms with Crippen LogP contribution in [0.15, 0.2) is 43.0 Å². The van der Waals surface area contributed by atoms with Crippen molar-refractivity contribution in [3.05, 3.63) is 48.6 Å². The normalized spacial score (nSPS) is 27.4. The molecule has 0 bridgehead atoms. The summed E-state index contributed by atoms with van der Waals surface area (Å²) in [4.78, 5) is 0. The predicted octanol–water partition coefficient (Wildman–Crippen LogP) is 2.60. The Bertz CT molecular complexity index is 278. The first-order valence-electron chi connectivity index (χ1n) is 4.67. The summed E-state index contributed by atoms with van der Waals surface area (Å²) in [5, 5.41) is 0. The molecule has 0 amide bonds. The van der Waals surface area contributed by atoms with E-state index in [1.165, 1.54) is 5.56 Å². The second kappa shape index (κ2) is 3.75. The van der Waals surface area contributed by atoms with Crippen LogP contribution in [0.1, 0.15) is 11.5 Å². The lowest BCUT2D eigenvalue weighted by molar-refractivity contribution is 0.188. The zero-order valence-corrected chi connectivity index (χ0v) is 7.65.